The van der Waals surface area contributed by atoms with Crippen molar-refractivity contribution in [2.45, 2.75) is 46.1 Å². The number of benzene rings is 1. The fourth-order valence-corrected chi connectivity index (χ4v) is 2.93. The van der Waals surface area contributed by atoms with Gasteiger partial charge < -0.3 is 15.2 Å². The molecule has 0 radical (unpaired) electrons. The zero-order chi connectivity index (χ0) is 18.4. The second-order valence-corrected chi connectivity index (χ2v) is 6.54. The largest absolute Gasteiger partial charge is 0.491 e. The van der Waals surface area contributed by atoms with E-state index in [1.54, 1.807) is 0 Å². The highest BCUT2D eigenvalue weighted by molar-refractivity contribution is 5.76. The Kier molecular flexibility index (Phi) is 6.58. The van der Waals surface area contributed by atoms with Crippen LogP contribution in [0, 0.1) is 20.8 Å². The topological polar surface area (TPSA) is 87.2 Å². The molecule has 0 saturated heterocycles. The van der Waals surface area contributed by atoms with Crippen LogP contribution < -0.4 is 10.1 Å². The molecule has 2 aromatic rings. The fourth-order valence-electron chi connectivity index (χ4n) is 2.93. The molecule has 25 heavy (non-hydrogen) atoms. The molecular formula is C19H27N3O3. The molecule has 0 spiro atoms. The van der Waals surface area contributed by atoms with Crippen molar-refractivity contribution in [3.05, 3.63) is 46.8 Å². The highest BCUT2D eigenvalue weighted by Gasteiger charge is 2.18. The lowest BCUT2D eigenvalue weighted by molar-refractivity contribution is -0.121. The minimum absolute atomic E-state index is 0.0689. The summed E-state index contributed by atoms with van der Waals surface area (Å²) in [5.74, 6) is 0.687. The van der Waals surface area contributed by atoms with Crippen LogP contribution in [0.3, 0.4) is 0 Å². The molecule has 0 saturated carbocycles. The van der Waals surface area contributed by atoms with Crippen molar-refractivity contribution < 1.29 is 14.6 Å². The van der Waals surface area contributed by atoms with Gasteiger partial charge in [-0.1, -0.05) is 19.1 Å². The van der Waals surface area contributed by atoms with Crippen molar-refractivity contribution in [1.82, 2.24) is 15.5 Å². The number of aromatic amines is 1. The summed E-state index contributed by atoms with van der Waals surface area (Å²) in [6, 6.07) is 7.63. The highest BCUT2D eigenvalue weighted by atomic mass is 16.5. The van der Waals surface area contributed by atoms with Crippen LogP contribution in [-0.2, 0) is 4.79 Å². The van der Waals surface area contributed by atoms with E-state index in [9.17, 15) is 9.90 Å². The van der Waals surface area contributed by atoms with Gasteiger partial charge in [0.15, 0.2) is 0 Å². The standard InChI is InChI=1S/C19H27N3O3/c1-12-6-5-7-17(8-12)25-11-16(23)10-20-18(24)9-13(2)19-14(3)21-22-15(19)4/h5-8,13,16,23H,9-11H2,1-4H3,(H,20,24)(H,21,22). The molecule has 2 unspecified atom stereocenters. The second kappa shape index (κ2) is 8.67. The lowest BCUT2D eigenvalue weighted by Crippen LogP contribution is -2.35. The van der Waals surface area contributed by atoms with Crippen molar-refractivity contribution in [3.8, 4) is 5.75 Å². The Balaban J connectivity index is 1.74. The van der Waals surface area contributed by atoms with E-state index in [1.165, 1.54) is 0 Å². The zero-order valence-corrected chi connectivity index (χ0v) is 15.3. The Morgan fingerprint density at radius 1 is 1.36 bits per heavy atom. The number of nitrogens with one attached hydrogen (secondary N) is 2. The predicted octanol–water partition coefficient (Wildman–Crippen LogP) is 2.38. The number of amides is 1. The number of nitrogens with zero attached hydrogens (tertiary/aromatic N) is 1. The molecule has 0 aliphatic rings. The van der Waals surface area contributed by atoms with Gasteiger partial charge in [-0.3, -0.25) is 9.89 Å². The Morgan fingerprint density at radius 3 is 2.76 bits per heavy atom. The fraction of sp³-hybridized carbons (Fsp3) is 0.474. The summed E-state index contributed by atoms with van der Waals surface area (Å²) < 4.78 is 5.54. The lowest BCUT2D eigenvalue weighted by atomic mass is 9.95. The third-order valence-corrected chi connectivity index (χ3v) is 4.14. The average molecular weight is 345 g/mol. The van der Waals surface area contributed by atoms with E-state index >= 15 is 0 Å². The maximum atomic E-state index is 12.1. The number of aliphatic hydroxyl groups excluding tert-OH is 1. The van der Waals surface area contributed by atoms with Crippen molar-refractivity contribution in [3.63, 3.8) is 0 Å². The smallest absolute Gasteiger partial charge is 0.220 e. The van der Waals surface area contributed by atoms with Gasteiger partial charge in [-0.05, 0) is 49.9 Å². The van der Waals surface area contributed by atoms with Crippen LogP contribution in [0.5, 0.6) is 5.75 Å². The molecule has 1 aromatic heterocycles. The van der Waals surface area contributed by atoms with Gasteiger partial charge >= 0.3 is 0 Å². The van der Waals surface area contributed by atoms with Crippen LogP contribution in [0.2, 0.25) is 0 Å². The van der Waals surface area contributed by atoms with Gasteiger partial charge in [0.2, 0.25) is 5.91 Å². The van der Waals surface area contributed by atoms with Crippen LogP contribution in [0.1, 0.15) is 41.8 Å². The van der Waals surface area contributed by atoms with Crippen molar-refractivity contribution in [2.24, 2.45) is 0 Å². The van der Waals surface area contributed by atoms with Crippen molar-refractivity contribution in [2.75, 3.05) is 13.2 Å². The number of carbonyl (C=O) groups is 1. The molecule has 3 N–H and O–H groups in total. The number of carbonyl (C=O) groups excluding carboxylic acids is 1. The van der Waals surface area contributed by atoms with Crippen molar-refractivity contribution in [1.29, 1.82) is 0 Å². The molecule has 1 amide bonds. The van der Waals surface area contributed by atoms with E-state index in [1.807, 2.05) is 52.0 Å². The second-order valence-electron chi connectivity index (χ2n) is 6.54. The number of hydrogen-bond donors (Lipinski definition) is 3. The molecule has 0 bridgehead atoms. The first kappa shape index (κ1) is 19.0. The molecule has 0 aliphatic carbocycles. The first-order chi connectivity index (χ1) is 11.9. The van der Waals surface area contributed by atoms with Gasteiger partial charge in [0.05, 0.1) is 5.69 Å². The summed E-state index contributed by atoms with van der Waals surface area (Å²) in [4.78, 5) is 12.1. The Labute approximate surface area is 148 Å². The van der Waals surface area contributed by atoms with Gasteiger partial charge in [0.1, 0.15) is 18.5 Å². The van der Waals surface area contributed by atoms with Crippen LogP contribution >= 0.6 is 0 Å². The van der Waals surface area contributed by atoms with E-state index in [-0.39, 0.29) is 25.0 Å². The summed E-state index contributed by atoms with van der Waals surface area (Å²) in [6.45, 7) is 8.17. The summed E-state index contributed by atoms with van der Waals surface area (Å²) in [5, 5.41) is 19.8. The van der Waals surface area contributed by atoms with Gasteiger partial charge in [-0.2, -0.15) is 5.10 Å². The van der Waals surface area contributed by atoms with Gasteiger partial charge in [0, 0.05) is 18.7 Å². The third kappa shape index (κ3) is 5.60. The normalized spacial score (nSPS) is 13.3. The third-order valence-electron chi connectivity index (χ3n) is 4.14. The quantitative estimate of drug-likeness (QED) is 0.685. The Hall–Kier alpha value is -2.34. The molecule has 1 aromatic carbocycles. The number of H-pyrrole nitrogens is 1. The maximum Gasteiger partial charge on any atom is 0.220 e. The molecule has 6 nitrogen and oxygen atoms in total. The molecule has 136 valence electrons. The number of hydrogen-bond acceptors (Lipinski definition) is 4. The van der Waals surface area contributed by atoms with E-state index in [2.05, 4.69) is 15.5 Å². The molecular weight excluding hydrogens is 318 g/mol. The molecule has 0 fully saturated rings. The van der Waals surface area contributed by atoms with E-state index in [0.717, 1.165) is 22.5 Å². The van der Waals surface area contributed by atoms with E-state index in [4.69, 9.17) is 4.74 Å². The SMILES string of the molecule is Cc1cccc(OCC(O)CNC(=O)CC(C)c2c(C)n[nH]c2C)c1. The molecule has 2 atom stereocenters. The van der Waals surface area contributed by atoms with Gasteiger partial charge in [-0.25, -0.2) is 0 Å². The first-order valence-corrected chi connectivity index (χ1v) is 8.52. The number of aromatic nitrogens is 2. The summed E-state index contributed by atoms with van der Waals surface area (Å²) in [6.07, 6.45) is -0.399. The minimum Gasteiger partial charge on any atom is -0.491 e. The molecule has 2 rings (SSSR count). The molecule has 0 aliphatic heterocycles. The maximum absolute atomic E-state index is 12.1. The molecule has 1 heterocycles. The summed E-state index contributed by atoms with van der Waals surface area (Å²) in [7, 11) is 0. The lowest BCUT2D eigenvalue weighted by Gasteiger charge is -2.15. The van der Waals surface area contributed by atoms with E-state index in [0.29, 0.717) is 12.2 Å². The highest BCUT2D eigenvalue weighted by Crippen LogP contribution is 2.24. The Bertz CT molecular complexity index is 692. The minimum atomic E-state index is -0.753. The Morgan fingerprint density at radius 2 is 2.12 bits per heavy atom. The predicted molar refractivity (Wildman–Crippen MR) is 96.8 cm³/mol. The first-order valence-electron chi connectivity index (χ1n) is 8.52. The monoisotopic (exact) mass is 345 g/mol. The van der Waals surface area contributed by atoms with Crippen LogP contribution in [0.15, 0.2) is 24.3 Å². The van der Waals surface area contributed by atoms with E-state index < -0.39 is 6.10 Å². The zero-order valence-electron chi connectivity index (χ0n) is 15.3. The number of aryl methyl sites for hydroxylation is 3. The number of rotatable bonds is 8. The average Bonchev–Trinajstić information content (AvgIpc) is 2.90. The summed E-state index contributed by atoms with van der Waals surface area (Å²) in [5.41, 5.74) is 4.09. The van der Waals surface area contributed by atoms with Crippen LogP contribution in [0.4, 0.5) is 0 Å². The van der Waals surface area contributed by atoms with Crippen LogP contribution in [-0.4, -0.2) is 40.5 Å². The van der Waals surface area contributed by atoms with Crippen molar-refractivity contribution >= 4 is 5.91 Å². The van der Waals surface area contributed by atoms with Gasteiger partial charge in [0.25, 0.3) is 0 Å². The van der Waals surface area contributed by atoms with Crippen LogP contribution in [0.25, 0.3) is 0 Å². The molecule has 6 heteroatoms. The summed E-state index contributed by atoms with van der Waals surface area (Å²) >= 11 is 0. The number of aliphatic hydroxyl groups is 1. The van der Waals surface area contributed by atoms with Gasteiger partial charge in [-0.15, -0.1) is 0 Å². The number of ether oxygens (including phenoxy) is 1.